The summed E-state index contributed by atoms with van der Waals surface area (Å²) in [6, 6.07) is 3.31. The molecule has 3 heterocycles. The molecule has 324 valence electrons. The summed E-state index contributed by atoms with van der Waals surface area (Å²) in [4.78, 5) is 66.7. The van der Waals surface area contributed by atoms with E-state index in [1.807, 2.05) is 40.0 Å². The van der Waals surface area contributed by atoms with Crippen molar-refractivity contribution in [1.82, 2.24) is 25.5 Å². The first-order valence-corrected chi connectivity index (χ1v) is 21.8. The molecule has 4 fully saturated rings. The van der Waals surface area contributed by atoms with E-state index >= 15 is 0 Å². The highest BCUT2D eigenvalue weighted by molar-refractivity contribution is 7.14. The fourth-order valence-corrected chi connectivity index (χ4v) is 9.52. The maximum Gasteiger partial charge on any atom is 0.408 e. The summed E-state index contributed by atoms with van der Waals surface area (Å²) in [6.45, 7) is 14.0. The number of hydrogen-bond donors (Lipinski definition) is 3. The van der Waals surface area contributed by atoms with Gasteiger partial charge in [0.05, 0.1) is 31.5 Å². The van der Waals surface area contributed by atoms with Crippen LogP contribution in [0.5, 0.6) is 11.5 Å². The van der Waals surface area contributed by atoms with Crippen LogP contribution in [0.1, 0.15) is 66.7 Å². The average Bonchev–Trinajstić information content (AvgIpc) is 3.86. The number of carbonyl (C=O) groups is 4. The molecular weight excluding hydrogens is 812 g/mol. The molecule has 1 aromatic carbocycles. The van der Waals surface area contributed by atoms with E-state index in [4.69, 9.17) is 45.3 Å². The summed E-state index contributed by atoms with van der Waals surface area (Å²) < 4.78 is 28.7. The molecule has 1 saturated heterocycles. The molecule has 3 amide bonds. The third-order valence-electron chi connectivity index (χ3n) is 11.8. The standard InChI is InChI=1S/C43H55ClN6O9S/c1-9-25-19-43(25,39(53)56-8)49-37(51)31-17-27(20-50(31)38(52)36(42(4,5)6)48-41(54)59-26-15-23-14-24(23)16-26)58-33-18-29(30-21-60-40(47-30)45-22(2)3)46-35-28(33)10-11-32(34(35)44)57-13-12-55-7/h9-11,18,21-27,31,36H,1,12-17,19-20H2,2-8H3,(H,45,47)(H,48,54)(H,49,51)/t23-,24+,25-,26?,27?,31+,36-,43?/m1/s1. The number of esters is 1. The third kappa shape index (κ3) is 9.15. The van der Waals surface area contributed by atoms with Crippen molar-refractivity contribution < 1.29 is 42.9 Å². The molecule has 15 nitrogen and oxygen atoms in total. The van der Waals surface area contributed by atoms with Crippen molar-refractivity contribution in [3.8, 4) is 22.9 Å². The van der Waals surface area contributed by atoms with Gasteiger partial charge in [-0.3, -0.25) is 9.59 Å². The number of nitrogens with one attached hydrogen (secondary N) is 3. The topological polar surface area (TPSA) is 180 Å². The van der Waals surface area contributed by atoms with Gasteiger partial charge in [0.2, 0.25) is 11.8 Å². The van der Waals surface area contributed by atoms with Crippen molar-refractivity contribution in [2.75, 3.05) is 39.3 Å². The van der Waals surface area contributed by atoms with E-state index in [2.05, 4.69) is 22.5 Å². The number of hydrogen-bond acceptors (Lipinski definition) is 13. The van der Waals surface area contributed by atoms with E-state index < -0.39 is 53.0 Å². The second-order valence-electron chi connectivity index (χ2n) is 17.6. The number of aromatic nitrogens is 2. The lowest BCUT2D eigenvalue weighted by Crippen LogP contribution is -2.59. The van der Waals surface area contributed by atoms with Gasteiger partial charge in [-0.15, -0.1) is 17.9 Å². The molecule has 7 rings (SSSR count). The number of nitrogens with zero attached hydrogens (tertiary/aromatic N) is 3. The number of halogens is 1. The van der Waals surface area contributed by atoms with Crippen LogP contribution in [0.3, 0.4) is 0 Å². The number of amides is 3. The van der Waals surface area contributed by atoms with Crippen LogP contribution < -0.4 is 25.4 Å². The molecule has 3 aromatic rings. The van der Waals surface area contributed by atoms with Gasteiger partial charge >= 0.3 is 12.1 Å². The van der Waals surface area contributed by atoms with Gasteiger partial charge in [-0.05, 0) is 68.9 Å². The summed E-state index contributed by atoms with van der Waals surface area (Å²) in [5.41, 5.74) is -0.599. The second-order valence-corrected chi connectivity index (χ2v) is 18.9. The van der Waals surface area contributed by atoms with Gasteiger partial charge in [-0.1, -0.05) is 38.4 Å². The van der Waals surface area contributed by atoms with E-state index in [0.29, 0.717) is 58.7 Å². The molecule has 8 atom stereocenters. The number of methoxy groups -OCH3 is 2. The Hall–Kier alpha value is -4.67. The molecule has 2 aromatic heterocycles. The number of carbonyl (C=O) groups excluding carboxylic acids is 4. The predicted octanol–water partition coefficient (Wildman–Crippen LogP) is 6.38. The number of alkyl carbamates (subject to hydrolysis) is 1. The largest absolute Gasteiger partial charge is 0.490 e. The molecule has 0 spiro atoms. The molecule has 1 aliphatic heterocycles. The molecule has 3 N–H and O–H groups in total. The minimum Gasteiger partial charge on any atom is -0.490 e. The number of rotatable bonds is 16. The van der Waals surface area contributed by atoms with E-state index in [1.165, 1.54) is 29.8 Å². The first-order valence-electron chi connectivity index (χ1n) is 20.5. The Morgan fingerprint density at radius 1 is 1.03 bits per heavy atom. The Morgan fingerprint density at radius 3 is 2.43 bits per heavy atom. The van der Waals surface area contributed by atoms with Crippen LogP contribution >= 0.6 is 22.9 Å². The minimum atomic E-state index is -1.30. The highest BCUT2D eigenvalue weighted by atomic mass is 35.5. The SMILES string of the molecule is C=C[C@@H]1CC1(NC(=O)[C@@H]1CC(Oc2cc(-c3csc(NC(C)C)n3)nc3c(Cl)c(OCCOC)ccc23)CN1C(=O)[C@@H](NC(=O)OC1C[C@@H]2C[C@@H]2C1)C(C)(C)C)C(=O)OC. The quantitative estimate of drug-likeness (QED) is 0.0824. The predicted molar refractivity (Wildman–Crippen MR) is 227 cm³/mol. The van der Waals surface area contributed by atoms with Gasteiger partial charge in [0.25, 0.3) is 0 Å². The Kier molecular flexibility index (Phi) is 12.6. The number of fused-ring (bicyclic) bond motifs is 2. The number of benzene rings is 1. The van der Waals surface area contributed by atoms with Crippen molar-refractivity contribution in [2.45, 2.75) is 103 Å². The Morgan fingerprint density at radius 2 is 1.78 bits per heavy atom. The first-order chi connectivity index (χ1) is 28.5. The summed E-state index contributed by atoms with van der Waals surface area (Å²) in [5.74, 6) is 0.0236. The van der Waals surface area contributed by atoms with Crippen molar-refractivity contribution in [2.24, 2.45) is 23.2 Å². The van der Waals surface area contributed by atoms with Crippen LogP contribution in [0.15, 0.2) is 36.2 Å². The van der Waals surface area contributed by atoms with Gasteiger partial charge in [0, 0.05) is 42.3 Å². The van der Waals surface area contributed by atoms with Gasteiger partial charge in [-0.25, -0.2) is 19.6 Å². The van der Waals surface area contributed by atoms with Gasteiger partial charge in [0.15, 0.2) is 5.13 Å². The molecule has 0 radical (unpaired) electrons. The van der Waals surface area contributed by atoms with E-state index in [-0.39, 0.29) is 42.7 Å². The zero-order valence-electron chi connectivity index (χ0n) is 35.2. The molecule has 0 bridgehead atoms. The zero-order valence-corrected chi connectivity index (χ0v) is 36.7. The Labute approximate surface area is 359 Å². The molecule has 60 heavy (non-hydrogen) atoms. The fraction of sp³-hybridized carbons (Fsp3) is 0.581. The molecular formula is C43H55ClN6O9S. The lowest BCUT2D eigenvalue weighted by molar-refractivity contribution is -0.148. The summed E-state index contributed by atoms with van der Waals surface area (Å²) in [5, 5.41) is 12.5. The zero-order chi connectivity index (χ0) is 43.1. The third-order valence-corrected chi connectivity index (χ3v) is 12.9. The number of anilines is 1. The van der Waals surface area contributed by atoms with Gasteiger partial charge < -0.3 is 44.5 Å². The molecule has 3 saturated carbocycles. The van der Waals surface area contributed by atoms with Crippen molar-refractivity contribution in [1.29, 1.82) is 0 Å². The second kappa shape index (κ2) is 17.4. The van der Waals surface area contributed by atoms with E-state index in [1.54, 1.807) is 31.4 Å². The average molecular weight is 867 g/mol. The number of thiazole rings is 1. The minimum absolute atomic E-state index is 0.0213. The lowest BCUT2D eigenvalue weighted by Gasteiger charge is -2.35. The number of pyridine rings is 1. The maximum atomic E-state index is 14.8. The van der Waals surface area contributed by atoms with Crippen LogP contribution in [0.4, 0.5) is 9.93 Å². The highest BCUT2D eigenvalue weighted by Gasteiger charge is 2.62. The van der Waals surface area contributed by atoms with Crippen LogP contribution in [-0.4, -0.2) is 109 Å². The number of likely N-dealkylation sites (tertiary alicyclic amines) is 1. The molecule has 4 aliphatic rings. The highest BCUT2D eigenvalue weighted by Crippen LogP contribution is 2.52. The van der Waals surface area contributed by atoms with Crippen LogP contribution in [0.2, 0.25) is 5.02 Å². The Bertz CT molecular complexity index is 2130. The molecule has 3 unspecified atom stereocenters. The van der Waals surface area contributed by atoms with Crippen molar-refractivity contribution in [3.05, 3.63) is 41.3 Å². The summed E-state index contributed by atoms with van der Waals surface area (Å²) in [7, 11) is 2.84. The van der Waals surface area contributed by atoms with Crippen molar-refractivity contribution >= 4 is 62.8 Å². The smallest absolute Gasteiger partial charge is 0.408 e. The monoisotopic (exact) mass is 866 g/mol. The van der Waals surface area contributed by atoms with Crippen molar-refractivity contribution in [3.63, 3.8) is 0 Å². The molecule has 17 heteroatoms. The van der Waals surface area contributed by atoms with E-state index in [0.717, 1.165) is 18.0 Å². The summed E-state index contributed by atoms with van der Waals surface area (Å²) in [6.07, 6.45) is 3.20. The van der Waals surface area contributed by atoms with Gasteiger partial charge in [-0.2, -0.15) is 0 Å². The molecule has 3 aliphatic carbocycles. The Balaban J connectivity index is 1.21. The van der Waals surface area contributed by atoms with Crippen LogP contribution in [0.25, 0.3) is 22.3 Å². The first kappa shape index (κ1) is 43.4. The lowest BCUT2D eigenvalue weighted by atomic mass is 9.85. The number of ether oxygens (including phenoxy) is 5. The van der Waals surface area contributed by atoms with E-state index in [9.17, 15) is 19.2 Å². The normalized spacial score (nSPS) is 25.9. The van der Waals surface area contributed by atoms with Crippen LogP contribution in [0, 0.1) is 23.2 Å². The van der Waals surface area contributed by atoms with Gasteiger partial charge in [0.1, 0.15) is 58.7 Å². The van der Waals surface area contributed by atoms with Crippen LogP contribution in [-0.2, 0) is 28.6 Å². The maximum absolute atomic E-state index is 14.8. The fourth-order valence-electron chi connectivity index (χ4n) is 8.40. The summed E-state index contributed by atoms with van der Waals surface area (Å²) >= 11 is 8.41.